The van der Waals surface area contributed by atoms with E-state index in [-0.39, 0.29) is 11.9 Å². The second-order valence-electron chi connectivity index (χ2n) is 5.50. The molecule has 1 aromatic rings. The van der Waals surface area contributed by atoms with Crippen molar-refractivity contribution in [2.45, 2.75) is 19.8 Å². The Morgan fingerprint density at radius 1 is 1.36 bits per heavy atom. The van der Waals surface area contributed by atoms with E-state index in [1.807, 2.05) is 31.2 Å². The lowest BCUT2D eigenvalue weighted by molar-refractivity contribution is -0.143. The molecule has 2 amide bonds. The van der Waals surface area contributed by atoms with E-state index in [1.165, 1.54) is 0 Å². The molecule has 1 aliphatic heterocycles. The molecule has 0 radical (unpaired) electrons. The molecule has 0 aromatic heterocycles. The molecule has 2 N–H and O–H groups in total. The lowest BCUT2D eigenvalue weighted by Gasteiger charge is -2.30. The predicted molar refractivity (Wildman–Crippen MR) is 82.0 cm³/mol. The minimum Gasteiger partial charge on any atom is -0.492 e. The van der Waals surface area contributed by atoms with Crippen LogP contribution >= 0.6 is 0 Å². The molecule has 0 saturated carbocycles. The summed E-state index contributed by atoms with van der Waals surface area (Å²) >= 11 is 0. The average molecular weight is 306 g/mol. The third kappa shape index (κ3) is 4.65. The van der Waals surface area contributed by atoms with Crippen LogP contribution in [0.25, 0.3) is 0 Å². The highest BCUT2D eigenvalue weighted by molar-refractivity contribution is 5.75. The zero-order valence-electron chi connectivity index (χ0n) is 12.7. The standard InChI is InChI=1S/C16H22N2O4/c1-12-3-2-4-14(11-12)22-10-7-17-16(21)18-8-5-13(6-9-18)15(19)20/h2-4,11,13H,5-10H2,1H3,(H,17,21)(H,19,20). The Morgan fingerprint density at radius 3 is 2.73 bits per heavy atom. The quantitative estimate of drug-likeness (QED) is 0.814. The van der Waals surface area contributed by atoms with Crippen LogP contribution in [0.15, 0.2) is 24.3 Å². The van der Waals surface area contributed by atoms with Crippen molar-refractivity contribution in [1.82, 2.24) is 10.2 Å². The van der Waals surface area contributed by atoms with Gasteiger partial charge in [-0.25, -0.2) is 4.79 Å². The van der Waals surface area contributed by atoms with E-state index in [4.69, 9.17) is 9.84 Å². The Labute approximate surface area is 130 Å². The van der Waals surface area contributed by atoms with Crippen LogP contribution in [-0.4, -0.2) is 48.2 Å². The van der Waals surface area contributed by atoms with Crippen molar-refractivity contribution in [2.24, 2.45) is 5.92 Å². The summed E-state index contributed by atoms with van der Waals surface area (Å²) < 4.78 is 5.56. The van der Waals surface area contributed by atoms with Crippen molar-refractivity contribution < 1.29 is 19.4 Å². The maximum atomic E-state index is 12.0. The summed E-state index contributed by atoms with van der Waals surface area (Å²) in [6, 6.07) is 7.59. The molecule has 6 heteroatoms. The van der Waals surface area contributed by atoms with Crippen LogP contribution in [0.2, 0.25) is 0 Å². The van der Waals surface area contributed by atoms with Gasteiger partial charge in [0, 0.05) is 13.1 Å². The van der Waals surface area contributed by atoms with E-state index in [9.17, 15) is 9.59 Å². The largest absolute Gasteiger partial charge is 0.492 e. The fourth-order valence-corrected chi connectivity index (χ4v) is 2.47. The van der Waals surface area contributed by atoms with Gasteiger partial charge in [-0.3, -0.25) is 4.79 Å². The number of aryl methyl sites for hydroxylation is 1. The van der Waals surface area contributed by atoms with E-state index < -0.39 is 5.97 Å². The Balaban J connectivity index is 1.65. The van der Waals surface area contributed by atoms with Gasteiger partial charge in [-0.1, -0.05) is 12.1 Å². The zero-order valence-corrected chi connectivity index (χ0v) is 12.7. The van der Waals surface area contributed by atoms with Crippen molar-refractivity contribution in [3.05, 3.63) is 29.8 Å². The molecule has 1 fully saturated rings. The number of carbonyl (C=O) groups is 2. The highest BCUT2D eigenvalue weighted by Crippen LogP contribution is 2.17. The van der Waals surface area contributed by atoms with Crippen LogP contribution in [0.1, 0.15) is 18.4 Å². The van der Waals surface area contributed by atoms with Crippen LogP contribution in [0.5, 0.6) is 5.75 Å². The number of nitrogens with zero attached hydrogens (tertiary/aromatic N) is 1. The number of carboxylic acids is 1. The van der Waals surface area contributed by atoms with Gasteiger partial charge >= 0.3 is 12.0 Å². The lowest BCUT2D eigenvalue weighted by atomic mass is 9.97. The highest BCUT2D eigenvalue weighted by atomic mass is 16.5. The summed E-state index contributed by atoms with van der Waals surface area (Å²) in [7, 11) is 0. The fourth-order valence-electron chi connectivity index (χ4n) is 2.47. The number of piperidine rings is 1. The molecule has 2 rings (SSSR count). The molecule has 22 heavy (non-hydrogen) atoms. The number of benzene rings is 1. The number of likely N-dealkylation sites (tertiary alicyclic amines) is 1. The highest BCUT2D eigenvalue weighted by Gasteiger charge is 2.26. The summed E-state index contributed by atoms with van der Waals surface area (Å²) in [6.45, 7) is 3.80. The van der Waals surface area contributed by atoms with Gasteiger partial charge in [0.1, 0.15) is 12.4 Å². The molecule has 6 nitrogen and oxygen atoms in total. The number of amides is 2. The third-order valence-corrected chi connectivity index (χ3v) is 3.77. The smallest absolute Gasteiger partial charge is 0.317 e. The number of carbonyl (C=O) groups excluding carboxylic acids is 1. The Kier molecular flexibility index (Phi) is 5.63. The maximum absolute atomic E-state index is 12.0. The van der Waals surface area contributed by atoms with Crippen molar-refractivity contribution in [1.29, 1.82) is 0 Å². The number of ether oxygens (including phenoxy) is 1. The predicted octanol–water partition coefficient (Wildman–Crippen LogP) is 1.88. The summed E-state index contributed by atoms with van der Waals surface area (Å²) in [4.78, 5) is 24.5. The van der Waals surface area contributed by atoms with E-state index >= 15 is 0 Å². The maximum Gasteiger partial charge on any atom is 0.317 e. The van der Waals surface area contributed by atoms with Crippen LogP contribution < -0.4 is 10.1 Å². The molecule has 0 spiro atoms. The minimum absolute atomic E-state index is 0.156. The first-order valence-corrected chi connectivity index (χ1v) is 7.51. The van der Waals surface area contributed by atoms with Crippen molar-refractivity contribution in [3.63, 3.8) is 0 Å². The first-order valence-electron chi connectivity index (χ1n) is 7.51. The van der Waals surface area contributed by atoms with Crippen molar-refractivity contribution in [2.75, 3.05) is 26.2 Å². The third-order valence-electron chi connectivity index (χ3n) is 3.77. The van der Waals surface area contributed by atoms with Crippen molar-refractivity contribution in [3.8, 4) is 5.75 Å². The Morgan fingerprint density at radius 2 is 2.09 bits per heavy atom. The molecule has 0 aliphatic carbocycles. The van der Waals surface area contributed by atoms with Crippen LogP contribution in [0.3, 0.4) is 0 Å². The van der Waals surface area contributed by atoms with E-state index in [0.29, 0.717) is 39.1 Å². The number of hydrogen-bond donors (Lipinski definition) is 2. The van der Waals surface area contributed by atoms with Gasteiger partial charge in [-0.05, 0) is 37.5 Å². The number of nitrogens with one attached hydrogen (secondary N) is 1. The van der Waals surface area contributed by atoms with Crippen LogP contribution in [0.4, 0.5) is 4.79 Å². The van der Waals surface area contributed by atoms with Gasteiger partial charge in [0.25, 0.3) is 0 Å². The van der Waals surface area contributed by atoms with Gasteiger partial charge in [0.15, 0.2) is 0 Å². The zero-order chi connectivity index (χ0) is 15.9. The number of rotatable bonds is 5. The second-order valence-corrected chi connectivity index (χ2v) is 5.50. The minimum atomic E-state index is -0.772. The molecule has 0 unspecified atom stereocenters. The summed E-state index contributed by atoms with van der Waals surface area (Å²) in [5.41, 5.74) is 1.13. The van der Waals surface area contributed by atoms with Crippen molar-refractivity contribution >= 4 is 12.0 Å². The van der Waals surface area contributed by atoms with Gasteiger partial charge in [0.05, 0.1) is 12.5 Å². The molecule has 1 aliphatic rings. The first-order chi connectivity index (χ1) is 10.6. The molecular formula is C16H22N2O4. The normalized spacial score (nSPS) is 15.4. The number of carboxylic acid groups (broad SMARTS) is 1. The van der Waals surface area contributed by atoms with E-state index in [2.05, 4.69) is 5.32 Å². The number of hydrogen-bond acceptors (Lipinski definition) is 3. The lowest BCUT2D eigenvalue weighted by Crippen LogP contribution is -2.46. The van der Waals surface area contributed by atoms with Crippen LogP contribution in [0, 0.1) is 12.8 Å². The molecule has 1 aromatic carbocycles. The van der Waals surface area contributed by atoms with Gasteiger partial charge in [0.2, 0.25) is 0 Å². The fraction of sp³-hybridized carbons (Fsp3) is 0.500. The van der Waals surface area contributed by atoms with Gasteiger partial charge in [-0.15, -0.1) is 0 Å². The Bertz CT molecular complexity index is 525. The molecule has 120 valence electrons. The number of urea groups is 1. The SMILES string of the molecule is Cc1cccc(OCCNC(=O)N2CCC(C(=O)O)CC2)c1. The summed E-state index contributed by atoms with van der Waals surface area (Å²) in [5, 5.41) is 11.7. The summed E-state index contributed by atoms with van der Waals surface area (Å²) in [6.07, 6.45) is 1.03. The molecular weight excluding hydrogens is 284 g/mol. The van der Waals surface area contributed by atoms with Gasteiger partial charge < -0.3 is 20.1 Å². The summed E-state index contributed by atoms with van der Waals surface area (Å²) in [5.74, 6) is -0.308. The number of aliphatic carboxylic acids is 1. The Hall–Kier alpha value is -2.24. The van der Waals surface area contributed by atoms with E-state index in [0.717, 1.165) is 11.3 Å². The first kappa shape index (κ1) is 16.1. The molecule has 1 heterocycles. The second kappa shape index (κ2) is 7.68. The average Bonchev–Trinajstić information content (AvgIpc) is 2.51. The monoisotopic (exact) mass is 306 g/mol. The van der Waals surface area contributed by atoms with E-state index in [1.54, 1.807) is 4.90 Å². The topological polar surface area (TPSA) is 78.9 Å². The molecule has 0 atom stereocenters. The molecule has 0 bridgehead atoms. The van der Waals surface area contributed by atoms with Crippen LogP contribution in [-0.2, 0) is 4.79 Å². The van der Waals surface area contributed by atoms with Gasteiger partial charge in [-0.2, -0.15) is 0 Å². The molecule has 1 saturated heterocycles.